The number of hydrogen-bond acceptors (Lipinski definition) is 8. The second kappa shape index (κ2) is 11.2. The van der Waals surface area contributed by atoms with Gasteiger partial charge in [0.05, 0.1) is 17.0 Å². The first kappa shape index (κ1) is 27.8. The highest BCUT2D eigenvalue weighted by Crippen LogP contribution is 2.32. The number of carbonyl (C=O) groups excluding carboxylic acids is 2. The van der Waals surface area contributed by atoms with E-state index in [2.05, 4.69) is 44.4 Å². The number of carbonyl (C=O) groups is 2. The summed E-state index contributed by atoms with van der Waals surface area (Å²) in [5.41, 5.74) is 2.19. The number of aryl methyl sites for hydroxylation is 1. The number of piperazine rings is 1. The van der Waals surface area contributed by atoms with E-state index in [9.17, 15) is 14.0 Å². The van der Waals surface area contributed by atoms with Gasteiger partial charge in [0.2, 0.25) is 5.91 Å². The Balaban J connectivity index is 1.34. The summed E-state index contributed by atoms with van der Waals surface area (Å²) in [7, 11) is 3.51. The van der Waals surface area contributed by atoms with Gasteiger partial charge in [-0.1, -0.05) is 0 Å². The Hall–Kier alpha value is -4.32. The molecule has 2 aliphatic rings. The van der Waals surface area contributed by atoms with Crippen LogP contribution in [0.4, 0.5) is 15.8 Å². The molecule has 2 amide bonds. The fourth-order valence-electron chi connectivity index (χ4n) is 6.07. The molecule has 220 valence electrons. The average Bonchev–Trinajstić information content (AvgIpc) is 3.33. The first-order chi connectivity index (χ1) is 20.2. The molecule has 0 spiro atoms. The lowest BCUT2D eigenvalue weighted by atomic mass is 9.98. The fourth-order valence-corrected chi connectivity index (χ4v) is 6.07. The second-order valence-electron chi connectivity index (χ2n) is 11.5. The number of likely N-dealkylation sites (tertiary alicyclic amines) is 1. The summed E-state index contributed by atoms with van der Waals surface area (Å²) in [6.45, 7) is 6.74. The van der Waals surface area contributed by atoms with Gasteiger partial charge in [-0.2, -0.15) is 10.1 Å². The molecule has 2 aromatic heterocycles. The zero-order valence-electron chi connectivity index (χ0n) is 24.2. The van der Waals surface area contributed by atoms with E-state index in [-0.39, 0.29) is 42.0 Å². The number of nitrogens with zero attached hydrogens (tertiary/aromatic N) is 6. The van der Waals surface area contributed by atoms with Crippen LogP contribution in [0.5, 0.6) is 6.01 Å². The van der Waals surface area contributed by atoms with Crippen LogP contribution >= 0.6 is 0 Å². The van der Waals surface area contributed by atoms with E-state index < -0.39 is 11.7 Å². The van der Waals surface area contributed by atoms with Crippen LogP contribution in [0.25, 0.3) is 21.8 Å². The van der Waals surface area contributed by atoms with Crippen LogP contribution in [-0.4, -0.2) is 81.8 Å². The van der Waals surface area contributed by atoms with E-state index in [0.29, 0.717) is 27.5 Å². The highest BCUT2D eigenvalue weighted by Gasteiger charge is 2.28. The van der Waals surface area contributed by atoms with Crippen LogP contribution in [-0.2, 0) is 11.8 Å². The molecule has 2 aromatic carbocycles. The van der Waals surface area contributed by atoms with Crippen molar-refractivity contribution >= 4 is 45.0 Å². The predicted molar refractivity (Wildman–Crippen MR) is 158 cm³/mol. The zero-order valence-corrected chi connectivity index (χ0v) is 24.2. The van der Waals surface area contributed by atoms with Crippen molar-refractivity contribution in [1.82, 2.24) is 30.0 Å². The number of rotatable bonds is 6. The Morgan fingerprint density at radius 3 is 2.74 bits per heavy atom. The maximum atomic E-state index is 14.7. The van der Waals surface area contributed by atoms with Crippen molar-refractivity contribution in [2.75, 3.05) is 43.5 Å². The molecular weight excluding hydrogens is 539 g/mol. The third-order valence-corrected chi connectivity index (χ3v) is 7.97. The Labute approximate surface area is 243 Å². The summed E-state index contributed by atoms with van der Waals surface area (Å²) in [4.78, 5) is 39.3. The van der Waals surface area contributed by atoms with Crippen molar-refractivity contribution in [3.8, 4) is 6.01 Å². The Morgan fingerprint density at radius 2 is 1.95 bits per heavy atom. The Kier molecular flexibility index (Phi) is 7.40. The minimum Gasteiger partial charge on any atom is -0.463 e. The number of hydrogen-bond donors (Lipinski definition) is 2. The lowest BCUT2D eigenvalue weighted by Gasteiger charge is -2.38. The van der Waals surface area contributed by atoms with Crippen molar-refractivity contribution in [2.45, 2.75) is 38.8 Å². The molecule has 42 heavy (non-hydrogen) atoms. The van der Waals surface area contributed by atoms with Crippen molar-refractivity contribution in [3.63, 3.8) is 0 Å². The zero-order chi connectivity index (χ0) is 29.5. The summed E-state index contributed by atoms with van der Waals surface area (Å²) in [5, 5.41) is 11.8. The monoisotopic (exact) mass is 574 g/mol. The lowest BCUT2D eigenvalue weighted by molar-refractivity contribution is -0.138. The molecule has 0 radical (unpaired) electrons. The van der Waals surface area contributed by atoms with Crippen molar-refractivity contribution < 1.29 is 18.7 Å². The molecule has 0 bridgehead atoms. The van der Waals surface area contributed by atoms with Gasteiger partial charge in [-0.15, -0.1) is 0 Å². The molecule has 2 saturated heterocycles. The van der Waals surface area contributed by atoms with Gasteiger partial charge in [0.15, 0.2) is 5.82 Å². The SMILES string of the molecule is C[C@H]1CN(c2ccc(C(=O)Nc3cc(F)c4nn(C)cc4c3)c3nc(OCC4CCCN(C)C4=O)ncc23)C[C@H](C)N1. The third-order valence-electron chi connectivity index (χ3n) is 7.97. The smallest absolute Gasteiger partial charge is 0.316 e. The highest BCUT2D eigenvalue weighted by atomic mass is 19.1. The van der Waals surface area contributed by atoms with Crippen LogP contribution < -0.4 is 20.3 Å². The molecule has 3 atom stereocenters. The lowest BCUT2D eigenvalue weighted by Crippen LogP contribution is -2.54. The molecule has 0 aliphatic carbocycles. The van der Waals surface area contributed by atoms with Gasteiger partial charge in [0, 0.05) is 80.4 Å². The van der Waals surface area contributed by atoms with Crippen molar-refractivity contribution in [1.29, 1.82) is 0 Å². The summed E-state index contributed by atoms with van der Waals surface area (Å²) in [5.74, 6) is -1.18. The number of nitrogens with one attached hydrogen (secondary N) is 2. The van der Waals surface area contributed by atoms with Gasteiger partial charge < -0.3 is 25.2 Å². The second-order valence-corrected chi connectivity index (χ2v) is 11.5. The van der Waals surface area contributed by atoms with Gasteiger partial charge >= 0.3 is 6.01 Å². The van der Waals surface area contributed by atoms with Crippen LogP contribution in [0.3, 0.4) is 0 Å². The molecule has 4 heterocycles. The number of benzene rings is 2. The first-order valence-electron chi connectivity index (χ1n) is 14.3. The number of ether oxygens (including phenoxy) is 1. The molecule has 2 aliphatic heterocycles. The van der Waals surface area contributed by atoms with Crippen LogP contribution in [0.1, 0.15) is 37.0 Å². The maximum Gasteiger partial charge on any atom is 0.316 e. The van der Waals surface area contributed by atoms with Crippen molar-refractivity contribution in [3.05, 3.63) is 48.0 Å². The summed E-state index contributed by atoms with van der Waals surface area (Å²) in [6, 6.07) is 7.24. The number of anilines is 2. The third kappa shape index (κ3) is 5.46. The largest absolute Gasteiger partial charge is 0.463 e. The molecular formula is C30H35FN8O3. The van der Waals surface area contributed by atoms with Gasteiger partial charge in [-0.3, -0.25) is 14.3 Å². The van der Waals surface area contributed by atoms with Crippen LogP contribution in [0.2, 0.25) is 0 Å². The van der Waals surface area contributed by atoms with Gasteiger partial charge in [0.1, 0.15) is 12.1 Å². The molecule has 11 nitrogen and oxygen atoms in total. The molecule has 4 aromatic rings. The number of piperidine rings is 1. The normalized spacial score (nSPS) is 21.3. The number of fused-ring (bicyclic) bond motifs is 2. The topological polar surface area (TPSA) is 118 Å². The molecule has 12 heteroatoms. The van der Waals surface area contributed by atoms with Gasteiger partial charge in [-0.25, -0.2) is 9.37 Å². The summed E-state index contributed by atoms with van der Waals surface area (Å²) < 4.78 is 22.2. The average molecular weight is 575 g/mol. The number of aromatic nitrogens is 4. The van der Waals surface area contributed by atoms with Crippen LogP contribution in [0.15, 0.2) is 36.7 Å². The molecule has 0 saturated carbocycles. The first-order valence-corrected chi connectivity index (χ1v) is 14.3. The van der Waals surface area contributed by atoms with Gasteiger partial charge in [-0.05, 0) is 51.0 Å². The van der Waals surface area contributed by atoms with E-state index in [1.807, 2.05) is 6.07 Å². The van der Waals surface area contributed by atoms with E-state index >= 15 is 0 Å². The minimum absolute atomic E-state index is 0.0455. The summed E-state index contributed by atoms with van der Waals surface area (Å²) in [6.07, 6.45) is 5.03. The Morgan fingerprint density at radius 1 is 1.17 bits per heavy atom. The van der Waals surface area contributed by atoms with Crippen molar-refractivity contribution in [2.24, 2.45) is 13.0 Å². The molecule has 2 N–H and O–H groups in total. The number of halogens is 1. The minimum atomic E-state index is -0.522. The standard InChI is InChI=1S/C30H35FN8O3/c1-17-13-39(14-18(2)33-17)25-8-7-22(28(40)34-21-10-20-15-38(4)36-26(20)24(31)11-21)27-23(25)12-32-30(35-27)42-16-19-6-5-9-37(3)29(19)41/h7-8,10-12,15,17-19,33H,5-6,9,13-14,16H2,1-4H3,(H,34,40)/t17-,18-,19?/m0/s1. The molecule has 6 rings (SSSR count). The molecule has 1 unspecified atom stereocenters. The fraction of sp³-hybridized carbons (Fsp3) is 0.433. The van der Waals surface area contributed by atoms with Gasteiger partial charge in [0.25, 0.3) is 5.91 Å². The summed E-state index contributed by atoms with van der Waals surface area (Å²) >= 11 is 0. The quantitative estimate of drug-likeness (QED) is 0.360. The van der Waals surface area contributed by atoms with E-state index in [0.717, 1.165) is 38.2 Å². The van der Waals surface area contributed by atoms with E-state index in [1.54, 1.807) is 43.5 Å². The van der Waals surface area contributed by atoms with E-state index in [4.69, 9.17) is 4.74 Å². The Bertz CT molecular complexity index is 1660. The highest BCUT2D eigenvalue weighted by molar-refractivity contribution is 6.14. The predicted octanol–water partition coefficient (Wildman–Crippen LogP) is 3.34. The number of amides is 2. The van der Waals surface area contributed by atoms with E-state index in [1.165, 1.54) is 10.7 Å². The van der Waals surface area contributed by atoms with Crippen LogP contribution in [0, 0.1) is 11.7 Å². The maximum absolute atomic E-state index is 14.7. The molecule has 2 fully saturated rings.